The molecule has 1 radical (unpaired) electrons. The second kappa shape index (κ2) is 4.63. The summed E-state index contributed by atoms with van der Waals surface area (Å²) in [6, 6.07) is 1.26. The van der Waals surface area contributed by atoms with Crippen LogP contribution in [0.15, 0.2) is 23.4 Å². The minimum atomic E-state index is -0.675. The van der Waals surface area contributed by atoms with E-state index in [-0.39, 0.29) is 0 Å². The van der Waals surface area contributed by atoms with E-state index >= 15 is 0 Å². The van der Waals surface area contributed by atoms with Crippen molar-refractivity contribution in [1.82, 2.24) is 0 Å². The molecule has 0 unspecified atom stereocenters. The summed E-state index contributed by atoms with van der Waals surface area (Å²) in [5.74, 6) is 0. The highest BCUT2D eigenvalue weighted by atomic mass is 28.3. The summed E-state index contributed by atoms with van der Waals surface area (Å²) in [5, 5.41) is 1.39. The van der Waals surface area contributed by atoms with E-state index in [1.807, 2.05) is 6.08 Å². The standard InChI is InChI=1S/C10H17OSi/c1-4-10(9(2)3)12-8-6-5-7-11-12/h4H,1,5-8H2,2-3H3. The first-order valence-electron chi connectivity index (χ1n) is 4.54. The van der Waals surface area contributed by atoms with Gasteiger partial charge < -0.3 is 4.43 Å². The van der Waals surface area contributed by atoms with Gasteiger partial charge in [-0.15, -0.1) is 0 Å². The Kier molecular flexibility index (Phi) is 3.76. The Morgan fingerprint density at radius 3 is 2.58 bits per heavy atom. The van der Waals surface area contributed by atoms with Crippen molar-refractivity contribution in [3.8, 4) is 0 Å². The Balaban J connectivity index is 2.65. The van der Waals surface area contributed by atoms with Crippen molar-refractivity contribution in [3.05, 3.63) is 23.4 Å². The summed E-state index contributed by atoms with van der Waals surface area (Å²) in [7, 11) is -0.675. The van der Waals surface area contributed by atoms with Crippen LogP contribution in [-0.2, 0) is 4.43 Å². The van der Waals surface area contributed by atoms with Crippen LogP contribution in [0.4, 0.5) is 0 Å². The van der Waals surface area contributed by atoms with Gasteiger partial charge in [-0.3, -0.25) is 0 Å². The Morgan fingerprint density at radius 1 is 1.42 bits per heavy atom. The van der Waals surface area contributed by atoms with Gasteiger partial charge in [0.25, 0.3) is 0 Å². The fraction of sp³-hybridized carbons (Fsp3) is 0.600. The number of hydrogen-bond donors (Lipinski definition) is 0. The molecule has 1 aliphatic heterocycles. The van der Waals surface area contributed by atoms with Gasteiger partial charge in [-0.1, -0.05) is 24.6 Å². The second-order valence-corrected chi connectivity index (χ2v) is 5.52. The predicted octanol–water partition coefficient (Wildman–Crippen LogP) is 2.85. The SMILES string of the molecule is C=CC(=C(C)C)[Si]1CCCCO1. The first-order chi connectivity index (χ1) is 5.75. The molecule has 2 heteroatoms. The van der Waals surface area contributed by atoms with Crippen LogP contribution in [0.2, 0.25) is 6.04 Å². The van der Waals surface area contributed by atoms with Crippen molar-refractivity contribution in [2.24, 2.45) is 0 Å². The highest BCUT2D eigenvalue weighted by molar-refractivity contribution is 6.61. The molecule has 0 aromatic rings. The lowest BCUT2D eigenvalue weighted by atomic mass is 10.3. The van der Waals surface area contributed by atoms with Crippen molar-refractivity contribution in [2.45, 2.75) is 32.7 Å². The zero-order chi connectivity index (χ0) is 8.97. The first-order valence-corrected chi connectivity index (χ1v) is 6.16. The summed E-state index contributed by atoms with van der Waals surface area (Å²) in [6.07, 6.45) is 4.55. The molecule has 1 saturated heterocycles. The Hall–Kier alpha value is -0.343. The van der Waals surface area contributed by atoms with Crippen LogP contribution in [0.5, 0.6) is 0 Å². The van der Waals surface area contributed by atoms with E-state index in [4.69, 9.17) is 4.43 Å². The van der Waals surface area contributed by atoms with Crippen LogP contribution in [0, 0.1) is 0 Å². The molecule has 1 aliphatic rings. The van der Waals surface area contributed by atoms with Gasteiger partial charge in [-0.05, 0) is 31.5 Å². The highest BCUT2D eigenvalue weighted by Gasteiger charge is 2.20. The van der Waals surface area contributed by atoms with Crippen LogP contribution in [0.25, 0.3) is 0 Å². The summed E-state index contributed by atoms with van der Waals surface area (Å²) < 4.78 is 5.76. The third-order valence-electron chi connectivity index (χ3n) is 2.12. The maximum atomic E-state index is 5.76. The van der Waals surface area contributed by atoms with E-state index in [0.717, 1.165) is 6.61 Å². The van der Waals surface area contributed by atoms with Gasteiger partial charge in [0.05, 0.1) is 0 Å². The maximum Gasteiger partial charge on any atom is 0.246 e. The van der Waals surface area contributed by atoms with E-state index in [2.05, 4.69) is 20.4 Å². The molecule has 1 rings (SSSR count). The van der Waals surface area contributed by atoms with Crippen LogP contribution in [0.3, 0.4) is 0 Å². The van der Waals surface area contributed by atoms with Crippen LogP contribution < -0.4 is 0 Å². The second-order valence-electron chi connectivity index (χ2n) is 3.35. The molecule has 0 atom stereocenters. The van der Waals surface area contributed by atoms with E-state index in [9.17, 15) is 0 Å². The van der Waals surface area contributed by atoms with Crippen molar-refractivity contribution in [2.75, 3.05) is 6.61 Å². The van der Waals surface area contributed by atoms with Crippen molar-refractivity contribution < 1.29 is 4.43 Å². The first kappa shape index (κ1) is 9.74. The average molecular weight is 181 g/mol. The molecule has 0 N–H and O–H groups in total. The summed E-state index contributed by atoms with van der Waals surface area (Å²) in [4.78, 5) is 0. The molecule has 0 bridgehead atoms. The molecule has 67 valence electrons. The summed E-state index contributed by atoms with van der Waals surface area (Å²) in [5.41, 5.74) is 1.38. The fourth-order valence-electron chi connectivity index (χ4n) is 1.46. The van der Waals surface area contributed by atoms with Gasteiger partial charge in [0.15, 0.2) is 0 Å². The molecule has 12 heavy (non-hydrogen) atoms. The zero-order valence-corrected chi connectivity index (χ0v) is 9.02. The van der Waals surface area contributed by atoms with Gasteiger partial charge in [-0.2, -0.15) is 0 Å². The zero-order valence-electron chi connectivity index (χ0n) is 8.02. The average Bonchev–Trinajstić information content (AvgIpc) is 2.07. The molecule has 0 aliphatic carbocycles. The van der Waals surface area contributed by atoms with E-state index < -0.39 is 9.04 Å². The number of allylic oxidation sites excluding steroid dienone is 3. The molecule has 0 saturated carbocycles. The van der Waals surface area contributed by atoms with Crippen molar-refractivity contribution >= 4 is 9.04 Å². The minimum absolute atomic E-state index is 0.675. The van der Waals surface area contributed by atoms with Crippen molar-refractivity contribution in [1.29, 1.82) is 0 Å². The normalized spacial score (nSPS) is 18.8. The highest BCUT2D eigenvalue weighted by Crippen LogP contribution is 2.20. The third-order valence-corrected chi connectivity index (χ3v) is 4.78. The molecule has 0 aromatic heterocycles. The number of hydrogen-bond acceptors (Lipinski definition) is 1. The van der Waals surface area contributed by atoms with Gasteiger partial charge in [0.1, 0.15) is 0 Å². The van der Waals surface area contributed by atoms with Crippen LogP contribution in [-0.4, -0.2) is 15.6 Å². The Labute approximate surface area is 76.9 Å². The lowest BCUT2D eigenvalue weighted by molar-refractivity contribution is 0.292. The predicted molar refractivity (Wildman–Crippen MR) is 54.3 cm³/mol. The van der Waals surface area contributed by atoms with E-state index in [0.29, 0.717) is 0 Å². The summed E-state index contributed by atoms with van der Waals surface area (Å²) in [6.45, 7) is 9.09. The van der Waals surface area contributed by atoms with Gasteiger partial charge in [0.2, 0.25) is 9.04 Å². The minimum Gasteiger partial charge on any atom is -0.412 e. The number of rotatable bonds is 2. The molecule has 0 aromatic carbocycles. The molecule has 1 nitrogen and oxygen atoms in total. The quantitative estimate of drug-likeness (QED) is 0.470. The Bertz CT molecular complexity index is 186. The smallest absolute Gasteiger partial charge is 0.246 e. The third kappa shape index (κ3) is 2.32. The monoisotopic (exact) mass is 181 g/mol. The van der Waals surface area contributed by atoms with Gasteiger partial charge >= 0.3 is 0 Å². The molecule has 1 fully saturated rings. The van der Waals surface area contributed by atoms with Crippen LogP contribution in [0.1, 0.15) is 26.7 Å². The molecule has 1 heterocycles. The van der Waals surface area contributed by atoms with E-state index in [1.54, 1.807) is 0 Å². The molecular weight excluding hydrogens is 164 g/mol. The largest absolute Gasteiger partial charge is 0.412 e. The van der Waals surface area contributed by atoms with Gasteiger partial charge in [0, 0.05) is 6.61 Å². The van der Waals surface area contributed by atoms with E-state index in [1.165, 1.54) is 29.7 Å². The van der Waals surface area contributed by atoms with Crippen molar-refractivity contribution in [3.63, 3.8) is 0 Å². The maximum absolute atomic E-state index is 5.76. The molecule has 0 spiro atoms. The molecule has 0 amide bonds. The van der Waals surface area contributed by atoms with Crippen LogP contribution >= 0.6 is 0 Å². The van der Waals surface area contributed by atoms with Gasteiger partial charge in [-0.25, -0.2) is 0 Å². The lowest BCUT2D eigenvalue weighted by Gasteiger charge is -2.22. The Morgan fingerprint density at radius 2 is 2.17 bits per heavy atom. The lowest BCUT2D eigenvalue weighted by Crippen LogP contribution is -2.25. The topological polar surface area (TPSA) is 9.23 Å². The fourth-order valence-corrected chi connectivity index (χ4v) is 3.78. The molecular formula is C10H17OSi. The summed E-state index contributed by atoms with van der Waals surface area (Å²) >= 11 is 0.